The number of para-hydroxylation sites is 1. The van der Waals surface area contributed by atoms with E-state index in [1.807, 2.05) is 73.8 Å². The van der Waals surface area contributed by atoms with E-state index >= 15 is 4.79 Å². The molecule has 7 heteroatoms. The summed E-state index contributed by atoms with van der Waals surface area (Å²) in [7, 11) is 0. The van der Waals surface area contributed by atoms with Crippen molar-refractivity contribution in [1.29, 1.82) is 0 Å². The molecular formula is C34H34N2O5. The molecule has 210 valence electrons. The van der Waals surface area contributed by atoms with Crippen LogP contribution < -0.4 is 4.90 Å². The predicted molar refractivity (Wildman–Crippen MR) is 155 cm³/mol. The maximum Gasteiger partial charge on any atom is 0.421 e. The van der Waals surface area contributed by atoms with Crippen molar-refractivity contribution in [3.05, 3.63) is 113 Å². The Morgan fingerprint density at radius 3 is 2.39 bits per heavy atom. The number of anilines is 1. The number of carbonyl (C=O) groups is 3. The third-order valence-corrected chi connectivity index (χ3v) is 8.22. The van der Waals surface area contributed by atoms with E-state index in [9.17, 15) is 9.59 Å². The Morgan fingerprint density at radius 1 is 0.951 bits per heavy atom. The van der Waals surface area contributed by atoms with Crippen LogP contribution in [0.5, 0.6) is 0 Å². The molecule has 3 aromatic rings. The number of imide groups is 1. The van der Waals surface area contributed by atoms with Gasteiger partial charge in [0.15, 0.2) is 0 Å². The highest BCUT2D eigenvalue weighted by Gasteiger charge is 2.67. The number of rotatable bonds is 3. The second-order valence-corrected chi connectivity index (χ2v) is 12.0. The number of benzene rings is 3. The summed E-state index contributed by atoms with van der Waals surface area (Å²) >= 11 is 0. The van der Waals surface area contributed by atoms with Crippen molar-refractivity contribution in [2.75, 3.05) is 11.4 Å². The molecule has 0 fully saturated rings. The summed E-state index contributed by atoms with van der Waals surface area (Å²) in [5.41, 5.74) is 2.45. The van der Waals surface area contributed by atoms with E-state index in [2.05, 4.69) is 11.0 Å². The lowest BCUT2D eigenvalue weighted by Gasteiger charge is -2.52. The number of hydrogen-bond donors (Lipinski definition) is 0. The van der Waals surface area contributed by atoms with Gasteiger partial charge in [-0.3, -0.25) is 9.59 Å². The average Bonchev–Trinajstić information content (AvgIpc) is 3.19. The molecule has 0 bridgehead atoms. The van der Waals surface area contributed by atoms with Gasteiger partial charge in [-0.2, -0.15) is 0 Å². The number of hydrogen-bond acceptors (Lipinski definition) is 6. The van der Waals surface area contributed by atoms with Gasteiger partial charge in [0.25, 0.3) is 5.91 Å². The van der Waals surface area contributed by atoms with Crippen molar-refractivity contribution in [1.82, 2.24) is 4.90 Å². The Balaban J connectivity index is 1.56. The molecule has 0 N–H and O–H groups in total. The van der Waals surface area contributed by atoms with E-state index in [4.69, 9.17) is 9.47 Å². The largest absolute Gasteiger partial charge is 0.460 e. The maximum atomic E-state index is 15.0. The molecule has 3 aliphatic heterocycles. The number of nitrogens with zero attached hydrogens (tertiary/aromatic N) is 2. The van der Waals surface area contributed by atoms with Gasteiger partial charge in [-0.1, -0.05) is 72.8 Å². The molecule has 0 unspecified atom stereocenters. The fourth-order valence-corrected chi connectivity index (χ4v) is 6.73. The summed E-state index contributed by atoms with van der Waals surface area (Å²) in [5.74, 6) is -1.94. The van der Waals surface area contributed by atoms with Crippen LogP contribution in [-0.2, 0) is 37.5 Å². The molecule has 7 nitrogen and oxygen atoms in total. The maximum absolute atomic E-state index is 15.0. The lowest BCUT2D eigenvalue weighted by Crippen LogP contribution is -2.60. The first kappa shape index (κ1) is 26.8. The number of ether oxygens (including phenoxy) is 2. The number of amides is 2. The summed E-state index contributed by atoms with van der Waals surface area (Å²) in [5, 5.41) is 0. The number of carbonyl (C=O) groups excluding carboxylic acids is 3. The monoisotopic (exact) mass is 550 g/mol. The highest BCUT2D eigenvalue weighted by Crippen LogP contribution is 2.60. The number of esters is 1. The molecule has 0 saturated carbocycles. The smallest absolute Gasteiger partial charge is 0.421 e. The zero-order chi connectivity index (χ0) is 28.9. The summed E-state index contributed by atoms with van der Waals surface area (Å²) in [6, 6.07) is 24.3. The zero-order valence-corrected chi connectivity index (χ0v) is 23.8. The molecule has 3 atom stereocenters. The molecule has 3 heterocycles. The molecule has 3 aliphatic rings. The minimum absolute atomic E-state index is 0.0795. The van der Waals surface area contributed by atoms with Crippen molar-refractivity contribution in [3.8, 4) is 0 Å². The second kappa shape index (κ2) is 9.91. The molecule has 0 aromatic heterocycles. The van der Waals surface area contributed by atoms with E-state index in [1.165, 1.54) is 0 Å². The average molecular weight is 551 g/mol. The van der Waals surface area contributed by atoms with Crippen LogP contribution >= 0.6 is 0 Å². The van der Waals surface area contributed by atoms with Crippen LogP contribution in [0, 0.1) is 5.92 Å². The summed E-state index contributed by atoms with van der Waals surface area (Å²) < 4.78 is 11.7. The van der Waals surface area contributed by atoms with E-state index in [0.29, 0.717) is 23.4 Å². The topological polar surface area (TPSA) is 76.2 Å². The molecular weight excluding hydrogens is 516 g/mol. The molecule has 0 radical (unpaired) electrons. The molecule has 2 amide bonds. The van der Waals surface area contributed by atoms with Crippen LogP contribution in [0.1, 0.15) is 56.0 Å². The van der Waals surface area contributed by atoms with Gasteiger partial charge in [-0.05, 0) is 74.2 Å². The predicted octanol–water partition coefficient (Wildman–Crippen LogP) is 6.08. The molecule has 1 spiro atoms. The van der Waals surface area contributed by atoms with E-state index in [0.717, 1.165) is 28.0 Å². The van der Waals surface area contributed by atoms with E-state index < -0.39 is 40.9 Å². The summed E-state index contributed by atoms with van der Waals surface area (Å²) in [4.78, 5) is 46.2. The SMILES string of the molecule is CC1=CN2CCc3ccccc3[C@@H]2[C@]2(C(=O)N(C(=O)OC(C)(C)C)c3ccccc32)[C@@H]1C(=O)OCc1ccccc1. The van der Waals surface area contributed by atoms with Crippen molar-refractivity contribution >= 4 is 23.7 Å². The van der Waals surface area contributed by atoms with Gasteiger partial charge in [0, 0.05) is 6.54 Å². The second-order valence-electron chi connectivity index (χ2n) is 12.0. The highest BCUT2D eigenvalue weighted by atomic mass is 16.6. The first-order chi connectivity index (χ1) is 19.6. The lowest BCUT2D eigenvalue weighted by atomic mass is 9.59. The molecule has 0 aliphatic carbocycles. The zero-order valence-electron chi connectivity index (χ0n) is 23.8. The van der Waals surface area contributed by atoms with Gasteiger partial charge < -0.3 is 14.4 Å². The van der Waals surface area contributed by atoms with Gasteiger partial charge >= 0.3 is 12.1 Å². The van der Waals surface area contributed by atoms with Crippen molar-refractivity contribution in [3.63, 3.8) is 0 Å². The Hall–Kier alpha value is -4.39. The minimum atomic E-state index is -1.45. The quantitative estimate of drug-likeness (QED) is 0.368. The van der Waals surface area contributed by atoms with Crippen LogP contribution in [-0.4, -0.2) is 35.0 Å². The van der Waals surface area contributed by atoms with Gasteiger partial charge in [0.1, 0.15) is 23.5 Å². The standard InChI is InChI=1S/C34H34N2O5/c1-22-20-35-19-18-24-14-8-9-15-25(24)29(35)34(28(22)30(37)40-21-23-12-6-5-7-13-23)26-16-10-11-17-27(26)36(31(34)38)32(39)41-33(2,3)4/h5-17,20,28-29H,18-19,21H2,1-4H3/t28-,29+,34+/m0/s1. The Kier molecular flexibility index (Phi) is 6.48. The minimum Gasteiger partial charge on any atom is -0.460 e. The van der Waals surface area contributed by atoms with Crippen molar-refractivity contribution in [2.24, 2.45) is 5.92 Å². The Morgan fingerprint density at radius 2 is 1.63 bits per heavy atom. The summed E-state index contributed by atoms with van der Waals surface area (Å²) in [6.45, 7) is 7.93. The first-order valence-electron chi connectivity index (χ1n) is 14.0. The fourth-order valence-electron chi connectivity index (χ4n) is 6.73. The van der Waals surface area contributed by atoms with E-state index in [-0.39, 0.29) is 6.61 Å². The van der Waals surface area contributed by atoms with Gasteiger partial charge in [0.2, 0.25) is 0 Å². The van der Waals surface area contributed by atoms with Gasteiger partial charge in [0.05, 0.1) is 11.7 Å². The van der Waals surface area contributed by atoms with Crippen LogP contribution in [0.15, 0.2) is 90.6 Å². The van der Waals surface area contributed by atoms with Crippen LogP contribution in [0.4, 0.5) is 10.5 Å². The van der Waals surface area contributed by atoms with Crippen LogP contribution in [0.2, 0.25) is 0 Å². The molecule has 3 aromatic carbocycles. The lowest BCUT2D eigenvalue weighted by molar-refractivity contribution is -0.156. The third-order valence-electron chi connectivity index (χ3n) is 8.22. The fraction of sp³-hybridized carbons (Fsp3) is 0.324. The van der Waals surface area contributed by atoms with Gasteiger partial charge in [-0.25, -0.2) is 9.69 Å². The van der Waals surface area contributed by atoms with Crippen LogP contribution in [0.3, 0.4) is 0 Å². The van der Waals surface area contributed by atoms with Crippen molar-refractivity contribution < 1.29 is 23.9 Å². The van der Waals surface area contributed by atoms with Gasteiger partial charge in [-0.15, -0.1) is 0 Å². The highest BCUT2D eigenvalue weighted by molar-refractivity contribution is 6.23. The van der Waals surface area contributed by atoms with Crippen LogP contribution in [0.25, 0.3) is 0 Å². The molecule has 41 heavy (non-hydrogen) atoms. The molecule has 6 rings (SSSR count). The Bertz CT molecular complexity index is 1560. The first-order valence-corrected chi connectivity index (χ1v) is 14.0. The third kappa shape index (κ3) is 4.31. The normalized spacial score (nSPS) is 22.9. The molecule has 0 saturated heterocycles. The summed E-state index contributed by atoms with van der Waals surface area (Å²) in [6.07, 6.45) is 2.04. The number of fused-ring (bicyclic) bond motifs is 6. The van der Waals surface area contributed by atoms with Crippen molar-refractivity contribution in [2.45, 2.75) is 57.8 Å². The van der Waals surface area contributed by atoms with E-state index in [1.54, 1.807) is 32.9 Å². The Labute approximate surface area is 240 Å².